The van der Waals surface area contributed by atoms with Crippen LogP contribution in [0.4, 0.5) is 0 Å². The smallest absolute Gasteiger partial charge is 0.160 e. The van der Waals surface area contributed by atoms with Gasteiger partial charge in [-0.3, -0.25) is 4.57 Å². The average molecular weight is 358 g/mol. The zero-order valence-corrected chi connectivity index (χ0v) is 14.4. The van der Waals surface area contributed by atoms with Crippen LogP contribution in [0.1, 0.15) is 17.0 Å². The van der Waals surface area contributed by atoms with E-state index in [4.69, 9.17) is 11.6 Å². The molecule has 2 aromatic heterocycles. The van der Waals surface area contributed by atoms with Crippen molar-refractivity contribution >= 4 is 11.6 Å². The summed E-state index contributed by atoms with van der Waals surface area (Å²) in [5, 5.41) is 5.01. The third kappa shape index (κ3) is 2.40. The van der Waals surface area contributed by atoms with E-state index in [0.717, 1.165) is 34.0 Å². The first-order chi connectivity index (χ1) is 12.8. The third-order valence-corrected chi connectivity index (χ3v) is 4.57. The lowest BCUT2D eigenvalue weighted by Gasteiger charge is -2.08. The zero-order valence-electron chi connectivity index (χ0n) is 13.6. The van der Waals surface area contributed by atoms with Gasteiger partial charge in [0.1, 0.15) is 18.3 Å². The third-order valence-electron chi connectivity index (χ3n) is 4.34. The van der Waals surface area contributed by atoms with E-state index < -0.39 is 0 Å². The predicted octanol–water partition coefficient (Wildman–Crippen LogP) is 3.55. The Hall–Kier alpha value is -3.36. The largest absolute Gasteiger partial charge is 0.299 e. The summed E-state index contributed by atoms with van der Waals surface area (Å²) in [6.45, 7) is 0.542. The molecule has 5 rings (SSSR count). The Morgan fingerprint density at radius 1 is 1.00 bits per heavy atom. The fourth-order valence-electron chi connectivity index (χ4n) is 3.12. The molecule has 0 aliphatic carbocycles. The van der Waals surface area contributed by atoms with Gasteiger partial charge < -0.3 is 0 Å². The van der Waals surface area contributed by atoms with Crippen molar-refractivity contribution in [1.29, 1.82) is 0 Å². The summed E-state index contributed by atoms with van der Waals surface area (Å²) in [6, 6.07) is 15.6. The van der Waals surface area contributed by atoms with Crippen LogP contribution in [0.15, 0.2) is 61.2 Å². The minimum atomic E-state index is 0.542. The minimum absolute atomic E-state index is 0.542. The quantitative estimate of drug-likeness (QED) is 0.398. The molecule has 0 bridgehead atoms. The first kappa shape index (κ1) is 14.9. The van der Waals surface area contributed by atoms with Crippen molar-refractivity contribution in [3.05, 3.63) is 83.2 Å². The summed E-state index contributed by atoms with van der Waals surface area (Å²) in [5.74, 6) is 7.15. The minimum Gasteiger partial charge on any atom is -0.299 e. The van der Waals surface area contributed by atoms with Crippen molar-refractivity contribution in [3.63, 3.8) is 0 Å². The molecule has 0 atom stereocenters. The van der Waals surface area contributed by atoms with Gasteiger partial charge in [0, 0.05) is 16.1 Å². The molecular formula is C20H12ClN5. The zero-order chi connectivity index (χ0) is 17.5. The first-order valence-corrected chi connectivity index (χ1v) is 8.49. The highest BCUT2D eigenvalue weighted by atomic mass is 35.5. The standard InChI is InChI=1S/C20H12ClN5/c21-15-7-9-18-16(10-15)20-22-12-24-26(20)11-19-17(23-13-25(18)19)8-6-14-4-2-1-3-5-14/h1-5,7,9-10,12-13H,11H2. The van der Waals surface area contributed by atoms with Gasteiger partial charge in [-0.1, -0.05) is 35.7 Å². The second-order valence-electron chi connectivity index (χ2n) is 5.93. The van der Waals surface area contributed by atoms with Crippen LogP contribution in [0.5, 0.6) is 0 Å². The van der Waals surface area contributed by atoms with Gasteiger partial charge >= 0.3 is 0 Å². The van der Waals surface area contributed by atoms with Crippen LogP contribution in [0, 0.1) is 11.8 Å². The van der Waals surface area contributed by atoms with Crippen molar-refractivity contribution in [2.24, 2.45) is 0 Å². The Morgan fingerprint density at radius 3 is 2.77 bits per heavy atom. The van der Waals surface area contributed by atoms with E-state index in [1.54, 1.807) is 12.7 Å². The van der Waals surface area contributed by atoms with E-state index >= 15 is 0 Å². The molecule has 26 heavy (non-hydrogen) atoms. The lowest BCUT2D eigenvalue weighted by atomic mass is 10.1. The van der Waals surface area contributed by atoms with Crippen molar-refractivity contribution in [1.82, 2.24) is 24.3 Å². The topological polar surface area (TPSA) is 48.5 Å². The summed E-state index contributed by atoms with van der Waals surface area (Å²) in [6.07, 6.45) is 3.35. The molecule has 4 aromatic rings. The predicted molar refractivity (Wildman–Crippen MR) is 99.1 cm³/mol. The van der Waals surface area contributed by atoms with Crippen LogP contribution in [0.2, 0.25) is 5.02 Å². The molecule has 2 aromatic carbocycles. The molecule has 0 spiro atoms. The maximum atomic E-state index is 6.21. The van der Waals surface area contributed by atoms with E-state index in [1.807, 2.05) is 57.8 Å². The molecule has 0 saturated heterocycles. The van der Waals surface area contributed by atoms with Crippen LogP contribution in [-0.4, -0.2) is 24.3 Å². The Balaban J connectivity index is 1.69. The molecule has 1 aliphatic rings. The molecule has 1 aliphatic heterocycles. The Morgan fingerprint density at radius 2 is 1.88 bits per heavy atom. The van der Waals surface area contributed by atoms with E-state index in [-0.39, 0.29) is 0 Å². The van der Waals surface area contributed by atoms with Crippen LogP contribution in [0.3, 0.4) is 0 Å². The Kier molecular flexibility index (Phi) is 3.37. The molecule has 0 N–H and O–H groups in total. The van der Waals surface area contributed by atoms with Gasteiger partial charge in [-0.05, 0) is 36.3 Å². The van der Waals surface area contributed by atoms with Crippen molar-refractivity contribution in [3.8, 4) is 28.9 Å². The highest BCUT2D eigenvalue weighted by Gasteiger charge is 2.23. The molecule has 0 saturated carbocycles. The summed E-state index contributed by atoms with van der Waals surface area (Å²) in [5.41, 5.74) is 4.56. The highest BCUT2D eigenvalue weighted by Crippen LogP contribution is 2.32. The molecule has 5 nitrogen and oxygen atoms in total. The van der Waals surface area contributed by atoms with Crippen molar-refractivity contribution < 1.29 is 0 Å². The van der Waals surface area contributed by atoms with Crippen molar-refractivity contribution in [2.45, 2.75) is 6.54 Å². The van der Waals surface area contributed by atoms with Crippen LogP contribution < -0.4 is 0 Å². The van der Waals surface area contributed by atoms with Gasteiger partial charge in [0.25, 0.3) is 0 Å². The van der Waals surface area contributed by atoms with Gasteiger partial charge in [0.15, 0.2) is 5.82 Å². The molecule has 0 radical (unpaired) electrons. The number of hydrogen-bond donors (Lipinski definition) is 0. The molecule has 124 valence electrons. The Labute approximate surface area is 154 Å². The SMILES string of the molecule is Clc1ccc2c(c1)-c1ncnn1Cc1c(C#Cc3ccccc3)ncn1-2. The fourth-order valence-corrected chi connectivity index (χ4v) is 3.29. The van der Waals surface area contributed by atoms with E-state index in [2.05, 4.69) is 26.9 Å². The van der Waals surface area contributed by atoms with Crippen molar-refractivity contribution in [2.75, 3.05) is 0 Å². The number of fused-ring (bicyclic) bond motifs is 5. The van der Waals surface area contributed by atoms with Crippen LogP contribution in [0.25, 0.3) is 17.1 Å². The molecular weight excluding hydrogens is 346 g/mol. The molecule has 6 heteroatoms. The van der Waals surface area contributed by atoms with Crippen LogP contribution >= 0.6 is 11.6 Å². The second kappa shape index (κ2) is 5.87. The molecule has 0 amide bonds. The van der Waals surface area contributed by atoms with E-state index in [1.165, 1.54) is 0 Å². The number of rotatable bonds is 0. The van der Waals surface area contributed by atoms with Gasteiger partial charge in [-0.15, -0.1) is 0 Å². The van der Waals surface area contributed by atoms with Gasteiger partial charge in [0.05, 0.1) is 17.9 Å². The summed E-state index contributed by atoms with van der Waals surface area (Å²) >= 11 is 6.21. The number of benzene rings is 2. The number of aromatic nitrogens is 5. The highest BCUT2D eigenvalue weighted by molar-refractivity contribution is 6.31. The van der Waals surface area contributed by atoms with Crippen LogP contribution in [-0.2, 0) is 6.54 Å². The molecule has 0 unspecified atom stereocenters. The average Bonchev–Trinajstić information content (AvgIpc) is 3.26. The maximum absolute atomic E-state index is 6.21. The first-order valence-electron chi connectivity index (χ1n) is 8.11. The lowest BCUT2D eigenvalue weighted by molar-refractivity contribution is 0.676. The Bertz CT molecular complexity index is 1180. The number of imidazole rings is 1. The monoisotopic (exact) mass is 357 g/mol. The normalized spacial score (nSPS) is 11.6. The molecule has 0 fully saturated rings. The maximum Gasteiger partial charge on any atom is 0.160 e. The van der Waals surface area contributed by atoms with E-state index in [0.29, 0.717) is 11.6 Å². The lowest BCUT2D eigenvalue weighted by Crippen LogP contribution is -2.05. The van der Waals surface area contributed by atoms with Gasteiger partial charge in [-0.25, -0.2) is 14.6 Å². The number of hydrogen-bond acceptors (Lipinski definition) is 3. The fraction of sp³-hybridized carbons (Fsp3) is 0.0500. The van der Waals surface area contributed by atoms with Gasteiger partial charge in [-0.2, -0.15) is 5.10 Å². The summed E-state index contributed by atoms with van der Waals surface area (Å²) < 4.78 is 3.89. The van der Waals surface area contributed by atoms with E-state index in [9.17, 15) is 0 Å². The molecule has 3 heterocycles. The summed E-state index contributed by atoms with van der Waals surface area (Å²) in [4.78, 5) is 8.94. The van der Waals surface area contributed by atoms with Gasteiger partial charge in [0.2, 0.25) is 0 Å². The summed E-state index contributed by atoms with van der Waals surface area (Å²) in [7, 11) is 0. The second-order valence-corrected chi connectivity index (χ2v) is 6.37. The number of halogens is 1. The number of nitrogens with zero attached hydrogens (tertiary/aromatic N) is 5.